The van der Waals surface area contributed by atoms with E-state index in [2.05, 4.69) is 15.1 Å². The highest BCUT2D eigenvalue weighted by atomic mass is 32.2. The molecule has 0 spiro atoms. The van der Waals surface area contributed by atoms with E-state index in [9.17, 15) is 4.79 Å². The van der Waals surface area contributed by atoms with E-state index in [0.717, 1.165) is 22.6 Å². The molecular formula is C17H19N5OS. The van der Waals surface area contributed by atoms with Crippen molar-refractivity contribution in [1.29, 1.82) is 0 Å². The summed E-state index contributed by atoms with van der Waals surface area (Å²) >= 11 is 1.47. The standard InChI is InChI=1S/C17H19N5OS/c1-11-14(10-15(23)21(3)13-8-6-5-7-9-13)12(2)22-16(18-11)19-17(20-22)24-4/h5-9H,10H2,1-4H3. The first kappa shape index (κ1) is 16.4. The molecule has 0 aliphatic heterocycles. The molecule has 0 radical (unpaired) electrons. The van der Waals surface area contributed by atoms with Crippen LogP contribution < -0.4 is 4.90 Å². The van der Waals surface area contributed by atoms with Gasteiger partial charge in [-0.1, -0.05) is 30.0 Å². The molecule has 3 aromatic rings. The number of aryl methyl sites for hydroxylation is 2. The topological polar surface area (TPSA) is 63.4 Å². The molecule has 0 aliphatic rings. The minimum absolute atomic E-state index is 0.0127. The lowest BCUT2D eigenvalue weighted by atomic mass is 10.1. The summed E-state index contributed by atoms with van der Waals surface area (Å²) in [5.41, 5.74) is 3.49. The third-order valence-electron chi connectivity index (χ3n) is 4.06. The van der Waals surface area contributed by atoms with Gasteiger partial charge in [0.25, 0.3) is 5.78 Å². The van der Waals surface area contributed by atoms with Crippen molar-refractivity contribution in [2.24, 2.45) is 0 Å². The van der Waals surface area contributed by atoms with Crippen LogP contribution in [0, 0.1) is 13.8 Å². The predicted molar refractivity (Wildman–Crippen MR) is 95.6 cm³/mol. The lowest BCUT2D eigenvalue weighted by Gasteiger charge is -2.18. The van der Waals surface area contributed by atoms with E-state index in [1.165, 1.54) is 11.8 Å². The van der Waals surface area contributed by atoms with Gasteiger partial charge in [0.05, 0.1) is 6.42 Å². The van der Waals surface area contributed by atoms with Crippen molar-refractivity contribution < 1.29 is 4.79 Å². The van der Waals surface area contributed by atoms with E-state index >= 15 is 0 Å². The second-order valence-electron chi connectivity index (χ2n) is 5.54. The molecule has 2 aromatic heterocycles. The molecule has 0 atom stereocenters. The summed E-state index contributed by atoms with van der Waals surface area (Å²) in [6.07, 6.45) is 2.21. The van der Waals surface area contributed by atoms with E-state index in [0.29, 0.717) is 10.9 Å². The first-order chi connectivity index (χ1) is 11.5. The van der Waals surface area contributed by atoms with Crippen LogP contribution in [0.2, 0.25) is 0 Å². The van der Waals surface area contributed by atoms with Crippen LogP contribution >= 0.6 is 11.8 Å². The van der Waals surface area contributed by atoms with Gasteiger partial charge in [0.15, 0.2) is 0 Å². The highest BCUT2D eigenvalue weighted by molar-refractivity contribution is 7.98. The zero-order valence-electron chi connectivity index (χ0n) is 14.1. The monoisotopic (exact) mass is 341 g/mol. The first-order valence-electron chi connectivity index (χ1n) is 7.59. The van der Waals surface area contributed by atoms with Crippen LogP contribution in [0.5, 0.6) is 0 Å². The average Bonchev–Trinajstić information content (AvgIpc) is 3.01. The van der Waals surface area contributed by atoms with Crippen molar-refractivity contribution in [2.75, 3.05) is 18.2 Å². The molecule has 7 heteroatoms. The first-order valence-corrected chi connectivity index (χ1v) is 8.82. The van der Waals surface area contributed by atoms with E-state index in [4.69, 9.17) is 0 Å². The number of thioether (sulfide) groups is 1. The summed E-state index contributed by atoms with van der Waals surface area (Å²) in [6.45, 7) is 3.86. The maximum Gasteiger partial charge on any atom is 0.253 e. The van der Waals surface area contributed by atoms with Crippen LogP contribution in [-0.4, -0.2) is 38.8 Å². The number of aromatic nitrogens is 4. The number of para-hydroxylation sites is 1. The van der Waals surface area contributed by atoms with E-state index in [1.54, 1.807) is 16.5 Å². The summed E-state index contributed by atoms with van der Waals surface area (Å²) in [6, 6.07) is 9.61. The highest BCUT2D eigenvalue weighted by Crippen LogP contribution is 2.19. The number of fused-ring (bicyclic) bond motifs is 1. The Balaban J connectivity index is 1.93. The maximum absolute atomic E-state index is 12.7. The van der Waals surface area contributed by atoms with Crippen LogP contribution in [0.3, 0.4) is 0 Å². The van der Waals surface area contributed by atoms with Crippen molar-refractivity contribution in [3.63, 3.8) is 0 Å². The Bertz CT molecular complexity index is 891. The molecule has 124 valence electrons. The van der Waals surface area contributed by atoms with E-state index in [1.807, 2.05) is 50.4 Å². The molecule has 0 saturated heterocycles. The molecule has 0 unspecified atom stereocenters. The Morgan fingerprint density at radius 1 is 1.21 bits per heavy atom. The molecule has 2 heterocycles. The lowest BCUT2D eigenvalue weighted by molar-refractivity contribution is -0.117. The smallest absolute Gasteiger partial charge is 0.253 e. The normalized spacial score (nSPS) is 11.0. The highest BCUT2D eigenvalue weighted by Gasteiger charge is 2.18. The van der Waals surface area contributed by atoms with E-state index < -0.39 is 0 Å². The Hall–Kier alpha value is -2.41. The summed E-state index contributed by atoms with van der Waals surface area (Å²) in [5, 5.41) is 5.10. The summed E-state index contributed by atoms with van der Waals surface area (Å²) < 4.78 is 1.71. The number of nitrogens with zero attached hydrogens (tertiary/aromatic N) is 5. The van der Waals surface area contributed by atoms with Gasteiger partial charge in [-0.25, -0.2) is 9.50 Å². The molecule has 0 fully saturated rings. The average molecular weight is 341 g/mol. The Labute approximate surface area is 144 Å². The summed E-state index contributed by atoms with van der Waals surface area (Å²) in [5.74, 6) is 0.584. The van der Waals surface area contributed by atoms with Gasteiger partial charge in [-0.3, -0.25) is 4.79 Å². The zero-order chi connectivity index (χ0) is 17.3. The summed E-state index contributed by atoms with van der Waals surface area (Å²) in [7, 11) is 1.79. The molecule has 0 bridgehead atoms. The largest absolute Gasteiger partial charge is 0.315 e. The molecule has 24 heavy (non-hydrogen) atoms. The van der Waals surface area contributed by atoms with Crippen molar-refractivity contribution in [3.8, 4) is 0 Å². The molecule has 0 aliphatic carbocycles. The number of hydrogen-bond acceptors (Lipinski definition) is 5. The second kappa shape index (κ2) is 6.60. The predicted octanol–water partition coefficient (Wildman–Crippen LogP) is 2.67. The zero-order valence-corrected chi connectivity index (χ0v) is 15.0. The molecule has 1 aromatic carbocycles. The van der Waals surface area contributed by atoms with Gasteiger partial charge >= 0.3 is 0 Å². The third kappa shape index (κ3) is 2.99. The number of likely N-dealkylation sites (N-methyl/N-ethyl adjacent to an activating group) is 1. The number of carbonyl (C=O) groups is 1. The number of amides is 1. The molecular weight excluding hydrogens is 322 g/mol. The molecule has 0 saturated carbocycles. The Morgan fingerprint density at radius 3 is 2.58 bits per heavy atom. The minimum atomic E-state index is 0.0127. The number of anilines is 1. The summed E-state index contributed by atoms with van der Waals surface area (Å²) in [4.78, 5) is 23.2. The van der Waals surface area contributed by atoms with Gasteiger partial charge in [-0.2, -0.15) is 4.98 Å². The maximum atomic E-state index is 12.7. The van der Waals surface area contributed by atoms with Gasteiger partial charge in [0, 0.05) is 29.7 Å². The van der Waals surface area contributed by atoms with Crippen molar-refractivity contribution in [2.45, 2.75) is 25.4 Å². The fraction of sp³-hybridized carbons (Fsp3) is 0.294. The SMILES string of the molecule is CSc1nc2nc(C)c(CC(=O)N(C)c3ccccc3)c(C)n2n1. The van der Waals surface area contributed by atoms with E-state index in [-0.39, 0.29) is 12.3 Å². The van der Waals surface area contributed by atoms with Gasteiger partial charge < -0.3 is 4.90 Å². The number of rotatable bonds is 4. The van der Waals surface area contributed by atoms with Crippen LogP contribution in [0.4, 0.5) is 5.69 Å². The van der Waals surface area contributed by atoms with Gasteiger partial charge in [-0.05, 0) is 32.2 Å². The van der Waals surface area contributed by atoms with Crippen LogP contribution in [0.1, 0.15) is 17.0 Å². The fourth-order valence-corrected chi connectivity index (χ4v) is 2.93. The lowest BCUT2D eigenvalue weighted by Crippen LogP contribution is -2.28. The molecule has 1 amide bonds. The van der Waals surface area contributed by atoms with Crippen LogP contribution in [0.25, 0.3) is 5.78 Å². The van der Waals surface area contributed by atoms with Crippen LogP contribution in [-0.2, 0) is 11.2 Å². The van der Waals surface area contributed by atoms with Crippen molar-refractivity contribution in [1.82, 2.24) is 19.6 Å². The second-order valence-corrected chi connectivity index (χ2v) is 6.31. The van der Waals surface area contributed by atoms with Gasteiger partial charge in [-0.15, -0.1) is 5.10 Å². The Morgan fingerprint density at radius 2 is 1.92 bits per heavy atom. The minimum Gasteiger partial charge on any atom is -0.315 e. The number of benzene rings is 1. The Kier molecular flexibility index (Phi) is 4.53. The van der Waals surface area contributed by atoms with Crippen molar-refractivity contribution in [3.05, 3.63) is 47.3 Å². The van der Waals surface area contributed by atoms with Crippen LogP contribution in [0.15, 0.2) is 35.5 Å². The molecule has 6 nitrogen and oxygen atoms in total. The molecule has 3 rings (SSSR count). The third-order valence-corrected chi connectivity index (χ3v) is 4.60. The quantitative estimate of drug-likeness (QED) is 0.683. The fourth-order valence-electron chi connectivity index (χ4n) is 2.60. The number of hydrogen-bond donors (Lipinski definition) is 0. The molecule has 0 N–H and O–H groups in total. The van der Waals surface area contributed by atoms with Crippen molar-refractivity contribution >= 4 is 29.1 Å². The van der Waals surface area contributed by atoms with Gasteiger partial charge in [0.2, 0.25) is 11.1 Å². The van der Waals surface area contributed by atoms with Gasteiger partial charge in [0.1, 0.15) is 0 Å². The number of carbonyl (C=O) groups excluding carboxylic acids is 1.